The fraction of sp³-hybridized carbons (Fsp3) is 0.133. The van der Waals surface area contributed by atoms with Crippen LogP contribution in [0.25, 0.3) is 27.9 Å². The van der Waals surface area contributed by atoms with E-state index in [9.17, 15) is 9.18 Å². The van der Waals surface area contributed by atoms with Crippen molar-refractivity contribution in [1.29, 1.82) is 0 Å². The second-order valence-corrected chi connectivity index (χ2v) is 9.92. The van der Waals surface area contributed by atoms with Crippen molar-refractivity contribution in [2.45, 2.75) is 6.42 Å². The molecule has 0 saturated carbocycles. The van der Waals surface area contributed by atoms with Gasteiger partial charge in [0.05, 0.1) is 10.2 Å². The number of carbonyl (C=O) groups excluding carboxylic acids is 1. The van der Waals surface area contributed by atoms with Gasteiger partial charge in [-0.3, -0.25) is 15.2 Å². The lowest BCUT2D eigenvalue weighted by atomic mass is 10.1. The first-order valence-corrected chi connectivity index (χ1v) is 13.2. The highest BCUT2D eigenvalue weighted by molar-refractivity contribution is 7.20. The molecule has 5 rings (SSSR count). The minimum atomic E-state index is -0.344. The van der Waals surface area contributed by atoms with E-state index in [4.69, 9.17) is 4.74 Å². The number of nitrogens with zero attached hydrogens (tertiary/aromatic N) is 2. The lowest BCUT2D eigenvalue weighted by Gasteiger charge is -2.15. The molecule has 2 aromatic heterocycles. The van der Waals surface area contributed by atoms with E-state index in [1.165, 1.54) is 16.5 Å². The Morgan fingerprint density at radius 2 is 1.97 bits per heavy atom. The highest BCUT2D eigenvalue weighted by Gasteiger charge is 2.12. The first-order chi connectivity index (χ1) is 19.1. The normalized spacial score (nSPS) is 13.2. The minimum Gasteiger partial charge on any atom is -0.363 e. The number of amides is 1. The molecule has 9 heteroatoms. The van der Waals surface area contributed by atoms with E-state index in [0.717, 1.165) is 22.2 Å². The van der Waals surface area contributed by atoms with Gasteiger partial charge in [0.25, 0.3) is 5.91 Å². The summed E-state index contributed by atoms with van der Waals surface area (Å²) in [6.45, 7) is 0.227. The molecule has 0 radical (unpaired) electrons. The van der Waals surface area contributed by atoms with Gasteiger partial charge in [-0.1, -0.05) is 36.4 Å². The topological polar surface area (TPSA) is 78.5 Å². The molecular formula is C30H34FN5O2S. The number of rotatable bonds is 10. The summed E-state index contributed by atoms with van der Waals surface area (Å²) in [7, 11) is 2.02. The van der Waals surface area contributed by atoms with Crippen LogP contribution in [0.15, 0.2) is 85.3 Å². The van der Waals surface area contributed by atoms with Crippen LogP contribution in [0.3, 0.4) is 0 Å². The van der Waals surface area contributed by atoms with Gasteiger partial charge in [-0.05, 0) is 66.2 Å². The van der Waals surface area contributed by atoms with Gasteiger partial charge in [-0.25, -0.2) is 9.82 Å². The number of allylic oxidation sites excluding steroid dienone is 2. The van der Waals surface area contributed by atoms with E-state index in [2.05, 4.69) is 45.7 Å². The summed E-state index contributed by atoms with van der Waals surface area (Å²) >= 11 is 1.70. The molecule has 3 heterocycles. The second-order valence-electron chi connectivity index (χ2n) is 8.87. The molecule has 0 aliphatic carbocycles. The summed E-state index contributed by atoms with van der Waals surface area (Å²) < 4.78 is 21.3. The number of pyridine rings is 1. The Morgan fingerprint density at radius 3 is 2.79 bits per heavy atom. The van der Waals surface area contributed by atoms with Crippen LogP contribution in [0.5, 0.6) is 0 Å². The molecule has 0 unspecified atom stereocenters. The molecule has 4 aromatic rings. The van der Waals surface area contributed by atoms with Crippen molar-refractivity contribution >= 4 is 50.9 Å². The summed E-state index contributed by atoms with van der Waals surface area (Å²) in [5.41, 5.74) is 10.1. The number of hydrazine groups is 1. The van der Waals surface area contributed by atoms with E-state index >= 15 is 0 Å². The largest absolute Gasteiger partial charge is 0.363 e. The average molecular weight is 548 g/mol. The molecule has 1 amide bonds. The number of fused-ring (bicyclic) bond motifs is 1. The summed E-state index contributed by atoms with van der Waals surface area (Å²) in [6, 6.07) is 17.9. The smallest absolute Gasteiger partial charge is 0.265 e. The molecule has 0 saturated heterocycles. The monoisotopic (exact) mass is 547 g/mol. The van der Waals surface area contributed by atoms with Crippen molar-refractivity contribution in [3.8, 4) is 0 Å². The van der Waals surface area contributed by atoms with Gasteiger partial charge >= 0.3 is 0 Å². The number of nitrogens with one attached hydrogen (secondary N) is 3. The van der Waals surface area contributed by atoms with Gasteiger partial charge in [0.2, 0.25) is 0 Å². The fourth-order valence-electron chi connectivity index (χ4n) is 4.07. The van der Waals surface area contributed by atoms with Crippen LogP contribution in [0.2, 0.25) is 0 Å². The number of hydrogen-bond acceptors (Lipinski definition) is 7. The van der Waals surface area contributed by atoms with Crippen LogP contribution < -0.4 is 16.2 Å². The number of anilines is 1. The Kier molecular flexibility index (Phi) is 8.42. The maximum Gasteiger partial charge on any atom is 0.265 e. The average Bonchev–Trinajstić information content (AvgIpc) is 3.40. The molecule has 1 aliphatic rings. The summed E-state index contributed by atoms with van der Waals surface area (Å²) in [5.74, 6) is -0.597. The third-order valence-electron chi connectivity index (χ3n) is 6.03. The lowest BCUT2D eigenvalue weighted by Crippen LogP contribution is -2.39. The summed E-state index contributed by atoms with van der Waals surface area (Å²) in [4.78, 5) is 19.7. The Balaban J connectivity index is 0.00000205. The SMILES string of the molecule is CN1C=CCC(c2cc3nccc(/C=C\c4ccc(NCOCNNC(=O)c5ccccc5)cc4F)c3s2)=C1.[HH].[HH].[HH]. The Hall–Kier alpha value is -4.31. The summed E-state index contributed by atoms with van der Waals surface area (Å²) in [6.07, 6.45) is 12.7. The molecule has 0 atom stereocenters. The molecule has 0 spiro atoms. The van der Waals surface area contributed by atoms with Crippen LogP contribution in [-0.2, 0) is 4.74 Å². The first-order valence-electron chi connectivity index (χ1n) is 12.4. The van der Waals surface area contributed by atoms with Crippen molar-refractivity contribution in [2.24, 2.45) is 0 Å². The molecule has 2 aromatic carbocycles. The van der Waals surface area contributed by atoms with Gasteiger partial charge in [-0.2, -0.15) is 0 Å². The zero-order valence-electron chi connectivity index (χ0n) is 21.4. The van der Waals surface area contributed by atoms with Crippen molar-refractivity contribution < 1.29 is 18.2 Å². The Labute approximate surface area is 234 Å². The van der Waals surface area contributed by atoms with Gasteiger partial charge in [-0.15, -0.1) is 11.3 Å². The maximum atomic E-state index is 14.8. The molecule has 7 nitrogen and oxygen atoms in total. The molecule has 0 bridgehead atoms. The number of aromatic nitrogens is 1. The molecule has 204 valence electrons. The lowest BCUT2D eigenvalue weighted by molar-refractivity contribution is 0.0844. The van der Waals surface area contributed by atoms with E-state index < -0.39 is 0 Å². The van der Waals surface area contributed by atoms with Crippen LogP contribution in [0, 0.1) is 5.82 Å². The standard InChI is InChI=1S/C30H28FN5O2S.3H2/c1-36-15-5-8-24(18-36)28-17-27-29(39-28)22(13-14-32-27)10-9-21-11-12-25(16-26(21)31)33-19-38-20-34-35-30(37)23-6-3-2-4-7-23;;;/h2-7,9-18,33-34H,8,19-20H2,1H3,(H,35,37);3*1H/b10-9-;;;. The number of benzene rings is 2. The van der Waals surface area contributed by atoms with Crippen LogP contribution in [-0.4, -0.2) is 36.3 Å². The molecule has 3 N–H and O–H groups in total. The minimum absolute atomic E-state index is 0. The van der Waals surface area contributed by atoms with Crippen LogP contribution >= 0.6 is 11.3 Å². The van der Waals surface area contributed by atoms with Crippen molar-refractivity contribution in [1.82, 2.24) is 20.7 Å². The van der Waals surface area contributed by atoms with Gasteiger partial charge in [0, 0.05) is 45.4 Å². The number of halogens is 1. The number of hydrogen-bond donors (Lipinski definition) is 3. The zero-order valence-corrected chi connectivity index (χ0v) is 22.2. The van der Waals surface area contributed by atoms with E-state index in [1.807, 2.05) is 30.2 Å². The van der Waals surface area contributed by atoms with Gasteiger partial charge in [0.1, 0.15) is 19.3 Å². The third-order valence-corrected chi connectivity index (χ3v) is 7.28. The summed E-state index contributed by atoms with van der Waals surface area (Å²) in [5, 5.41) is 3.01. The highest BCUT2D eigenvalue weighted by Crippen LogP contribution is 2.35. The molecule has 0 fully saturated rings. The van der Waals surface area contributed by atoms with Gasteiger partial charge < -0.3 is 15.0 Å². The molecular weight excluding hydrogens is 513 g/mol. The number of carbonyl (C=O) groups is 1. The first kappa shape index (κ1) is 26.3. The number of ether oxygens (including phenoxy) is 1. The second kappa shape index (κ2) is 12.5. The maximum absolute atomic E-state index is 14.8. The fourth-order valence-corrected chi connectivity index (χ4v) is 5.19. The number of thiophene rings is 1. The van der Waals surface area contributed by atoms with E-state index in [1.54, 1.807) is 60.0 Å². The van der Waals surface area contributed by atoms with Crippen molar-refractivity contribution in [2.75, 3.05) is 25.8 Å². The molecule has 39 heavy (non-hydrogen) atoms. The van der Waals surface area contributed by atoms with Crippen LogP contribution in [0.4, 0.5) is 10.1 Å². The van der Waals surface area contributed by atoms with E-state index in [0.29, 0.717) is 16.8 Å². The predicted octanol–water partition coefficient (Wildman–Crippen LogP) is 6.81. The molecule has 1 aliphatic heterocycles. The third kappa shape index (κ3) is 6.77. The van der Waals surface area contributed by atoms with Gasteiger partial charge in [0.15, 0.2) is 0 Å². The highest BCUT2D eigenvalue weighted by atomic mass is 32.1. The zero-order chi connectivity index (χ0) is 27.0. The Morgan fingerprint density at radius 1 is 1.13 bits per heavy atom. The Bertz CT molecular complexity index is 1560. The van der Waals surface area contributed by atoms with Crippen LogP contribution in [0.1, 0.15) is 37.1 Å². The predicted molar refractivity (Wildman–Crippen MR) is 162 cm³/mol. The quantitative estimate of drug-likeness (QED) is 0.115. The van der Waals surface area contributed by atoms with E-state index in [-0.39, 0.29) is 29.5 Å². The van der Waals surface area contributed by atoms with Crippen molar-refractivity contribution in [3.63, 3.8) is 0 Å². The van der Waals surface area contributed by atoms with Crippen molar-refractivity contribution in [3.05, 3.63) is 113 Å².